The quantitative estimate of drug-likeness (QED) is 0.643. The molecule has 0 spiro atoms. The maximum absolute atomic E-state index is 13.0. The van der Waals surface area contributed by atoms with E-state index in [0.29, 0.717) is 13.2 Å². The zero-order chi connectivity index (χ0) is 19.3. The topological polar surface area (TPSA) is 41.6 Å². The zero-order valence-corrected chi connectivity index (χ0v) is 16.0. The maximum atomic E-state index is 13.0. The highest BCUT2D eigenvalue weighted by Gasteiger charge is 2.32. The molecule has 4 rings (SSSR count). The van der Waals surface area contributed by atoms with Crippen molar-refractivity contribution in [2.24, 2.45) is 0 Å². The van der Waals surface area contributed by atoms with Crippen molar-refractivity contribution in [3.63, 3.8) is 0 Å². The van der Waals surface area contributed by atoms with E-state index in [-0.39, 0.29) is 12.1 Å². The van der Waals surface area contributed by atoms with E-state index in [1.165, 1.54) is 0 Å². The van der Waals surface area contributed by atoms with Crippen LogP contribution in [0.15, 0.2) is 78.9 Å². The highest BCUT2D eigenvalue weighted by atomic mass is 16.5. The van der Waals surface area contributed by atoms with Crippen LogP contribution in [0.4, 0.5) is 5.69 Å². The van der Waals surface area contributed by atoms with Gasteiger partial charge in [0.2, 0.25) is 0 Å². The second kappa shape index (κ2) is 8.17. The van der Waals surface area contributed by atoms with Crippen LogP contribution in [0.25, 0.3) is 0 Å². The third-order valence-corrected chi connectivity index (χ3v) is 4.91. The van der Waals surface area contributed by atoms with Crippen LogP contribution in [-0.4, -0.2) is 17.4 Å². The minimum absolute atomic E-state index is 0.0665. The second-order valence-electron chi connectivity index (χ2n) is 6.94. The Morgan fingerprint density at radius 2 is 1.75 bits per heavy atom. The van der Waals surface area contributed by atoms with Gasteiger partial charge in [-0.2, -0.15) is 0 Å². The molecule has 0 saturated carbocycles. The van der Waals surface area contributed by atoms with Crippen molar-refractivity contribution in [1.82, 2.24) is 4.90 Å². The Balaban J connectivity index is 1.59. The molecule has 1 unspecified atom stereocenters. The minimum Gasteiger partial charge on any atom is -0.489 e. The molecule has 0 fully saturated rings. The van der Waals surface area contributed by atoms with Crippen LogP contribution in [0.2, 0.25) is 0 Å². The van der Waals surface area contributed by atoms with Crippen molar-refractivity contribution in [3.8, 4) is 5.75 Å². The number of rotatable bonds is 6. The largest absolute Gasteiger partial charge is 0.489 e. The predicted octanol–water partition coefficient (Wildman–Crippen LogP) is 5.24. The van der Waals surface area contributed by atoms with Crippen molar-refractivity contribution >= 4 is 11.6 Å². The van der Waals surface area contributed by atoms with Gasteiger partial charge in [0.25, 0.3) is 5.91 Å². The van der Waals surface area contributed by atoms with Crippen molar-refractivity contribution in [3.05, 3.63) is 95.6 Å². The monoisotopic (exact) mass is 372 g/mol. The van der Waals surface area contributed by atoms with Gasteiger partial charge in [0.1, 0.15) is 18.5 Å². The normalized spacial score (nSPS) is 15.7. The average Bonchev–Trinajstić information content (AvgIpc) is 2.75. The lowest BCUT2D eigenvalue weighted by Crippen LogP contribution is -2.43. The summed E-state index contributed by atoms with van der Waals surface area (Å²) >= 11 is 0. The molecular formula is C24H24N2O2. The second-order valence-corrected chi connectivity index (χ2v) is 6.94. The average molecular weight is 372 g/mol. The Labute approximate surface area is 165 Å². The van der Waals surface area contributed by atoms with Gasteiger partial charge < -0.3 is 15.0 Å². The number of carbonyl (C=O) groups excluding carboxylic acids is 1. The van der Waals surface area contributed by atoms with Gasteiger partial charge in [-0.15, -0.1) is 0 Å². The number of hydrogen-bond donors (Lipinski definition) is 1. The lowest BCUT2D eigenvalue weighted by molar-refractivity contribution is 0.0683. The van der Waals surface area contributed by atoms with Gasteiger partial charge in [-0.3, -0.25) is 4.79 Å². The molecule has 0 saturated heterocycles. The Bertz CT molecular complexity index is 956. The third kappa shape index (κ3) is 3.72. The molecule has 4 heteroatoms. The summed E-state index contributed by atoms with van der Waals surface area (Å²) in [4.78, 5) is 14.9. The van der Waals surface area contributed by atoms with Gasteiger partial charge in [0.15, 0.2) is 0 Å². The fraction of sp³-hybridized carbons (Fsp3) is 0.208. The zero-order valence-electron chi connectivity index (χ0n) is 16.0. The van der Waals surface area contributed by atoms with Gasteiger partial charge in [-0.1, -0.05) is 61.5 Å². The van der Waals surface area contributed by atoms with E-state index in [9.17, 15) is 4.79 Å². The fourth-order valence-electron chi connectivity index (χ4n) is 3.54. The summed E-state index contributed by atoms with van der Waals surface area (Å²) in [7, 11) is 0. The van der Waals surface area contributed by atoms with E-state index in [2.05, 4.69) is 12.2 Å². The Morgan fingerprint density at radius 3 is 2.57 bits per heavy atom. The van der Waals surface area contributed by atoms with Crippen LogP contribution in [0.1, 0.15) is 41.0 Å². The Hall–Kier alpha value is -3.27. The summed E-state index contributed by atoms with van der Waals surface area (Å²) in [5.74, 6) is 0.864. The van der Waals surface area contributed by atoms with Gasteiger partial charge in [-0.25, -0.2) is 0 Å². The molecule has 0 bridgehead atoms. The first-order chi connectivity index (χ1) is 13.8. The number of nitrogens with zero attached hydrogens (tertiary/aromatic N) is 1. The lowest BCUT2D eigenvalue weighted by Gasteiger charge is -2.38. The summed E-state index contributed by atoms with van der Waals surface area (Å²) in [5, 5.41) is 3.53. The number of amides is 1. The number of ether oxygens (including phenoxy) is 1. The smallest absolute Gasteiger partial charge is 0.257 e. The molecule has 1 heterocycles. The van der Waals surface area contributed by atoms with Crippen LogP contribution < -0.4 is 10.1 Å². The van der Waals surface area contributed by atoms with Gasteiger partial charge >= 0.3 is 0 Å². The van der Waals surface area contributed by atoms with Gasteiger partial charge in [-0.05, 0) is 41.8 Å². The molecule has 0 aliphatic carbocycles. The molecule has 0 aromatic heterocycles. The molecule has 1 atom stereocenters. The fourth-order valence-corrected chi connectivity index (χ4v) is 3.54. The van der Waals surface area contributed by atoms with Crippen LogP contribution >= 0.6 is 0 Å². The number of fused-ring (bicyclic) bond motifs is 1. The summed E-state index contributed by atoms with van der Waals surface area (Å²) in [6.45, 7) is 3.30. The van der Waals surface area contributed by atoms with E-state index < -0.39 is 0 Å². The van der Waals surface area contributed by atoms with Crippen molar-refractivity contribution in [2.45, 2.75) is 26.1 Å². The molecule has 3 aromatic rings. The molecule has 1 N–H and O–H groups in total. The number of benzene rings is 3. The molecular weight excluding hydrogens is 348 g/mol. The van der Waals surface area contributed by atoms with E-state index >= 15 is 0 Å². The van der Waals surface area contributed by atoms with Crippen LogP contribution in [0.3, 0.4) is 0 Å². The number of hydrogen-bond acceptors (Lipinski definition) is 3. The number of anilines is 1. The predicted molar refractivity (Wildman–Crippen MR) is 111 cm³/mol. The first-order valence-electron chi connectivity index (χ1n) is 9.69. The molecule has 4 nitrogen and oxygen atoms in total. The summed E-state index contributed by atoms with van der Waals surface area (Å²) in [6, 6.07) is 25.8. The van der Waals surface area contributed by atoms with E-state index in [4.69, 9.17) is 4.74 Å². The van der Waals surface area contributed by atoms with Crippen LogP contribution in [0, 0.1) is 0 Å². The standard InChI is InChI=1S/C24H24N2O2/c1-2-15-26-23(25-22-14-7-6-13-21(22)24(26)27)19-11-8-12-20(16-19)28-17-18-9-4-3-5-10-18/h3-14,16,23,25H,2,15,17H2,1H3. The van der Waals surface area contributed by atoms with Crippen molar-refractivity contribution in [1.29, 1.82) is 0 Å². The molecule has 1 amide bonds. The molecule has 28 heavy (non-hydrogen) atoms. The molecule has 3 aromatic carbocycles. The maximum Gasteiger partial charge on any atom is 0.257 e. The SMILES string of the molecule is CCCN1C(=O)c2ccccc2NC1c1cccc(OCc2ccccc2)c1. The van der Waals surface area contributed by atoms with E-state index in [1.807, 2.05) is 83.8 Å². The molecule has 0 radical (unpaired) electrons. The Kier molecular flexibility index (Phi) is 5.29. The van der Waals surface area contributed by atoms with E-state index in [1.54, 1.807) is 0 Å². The molecule has 142 valence electrons. The van der Waals surface area contributed by atoms with Gasteiger partial charge in [0, 0.05) is 12.2 Å². The number of carbonyl (C=O) groups is 1. The Morgan fingerprint density at radius 1 is 0.964 bits per heavy atom. The molecule has 1 aliphatic heterocycles. The summed E-state index contributed by atoms with van der Waals surface area (Å²) < 4.78 is 5.98. The summed E-state index contributed by atoms with van der Waals surface area (Å²) in [6.07, 6.45) is 0.693. The highest BCUT2D eigenvalue weighted by Crippen LogP contribution is 2.34. The van der Waals surface area contributed by atoms with E-state index in [0.717, 1.165) is 34.5 Å². The first-order valence-corrected chi connectivity index (χ1v) is 9.69. The summed E-state index contributed by atoms with van der Waals surface area (Å²) in [5.41, 5.74) is 3.74. The third-order valence-electron chi connectivity index (χ3n) is 4.91. The number of nitrogens with one attached hydrogen (secondary N) is 1. The molecule has 1 aliphatic rings. The number of para-hydroxylation sites is 1. The van der Waals surface area contributed by atoms with Crippen molar-refractivity contribution < 1.29 is 9.53 Å². The lowest BCUT2D eigenvalue weighted by atomic mass is 10.0. The minimum atomic E-state index is -0.206. The van der Waals surface area contributed by atoms with Crippen molar-refractivity contribution in [2.75, 3.05) is 11.9 Å². The first kappa shape index (κ1) is 18.1. The highest BCUT2D eigenvalue weighted by molar-refractivity contribution is 6.01. The van der Waals surface area contributed by atoms with Crippen LogP contribution in [-0.2, 0) is 6.61 Å². The van der Waals surface area contributed by atoms with Crippen LogP contribution in [0.5, 0.6) is 5.75 Å². The van der Waals surface area contributed by atoms with Gasteiger partial charge in [0.05, 0.1) is 5.56 Å².